The summed E-state index contributed by atoms with van der Waals surface area (Å²) in [5, 5.41) is 9.42. The average Bonchev–Trinajstić information content (AvgIpc) is 2.59. The van der Waals surface area contributed by atoms with Crippen LogP contribution < -0.4 is 4.74 Å². The van der Waals surface area contributed by atoms with Crippen LogP contribution in [-0.2, 0) is 6.18 Å². The van der Waals surface area contributed by atoms with E-state index in [9.17, 15) is 23.1 Å². The number of carboxylic acid groups (broad SMARTS) is 1. The Hall–Kier alpha value is -3.09. The molecule has 7 heteroatoms. The van der Waals surface area contributed by atoms with Gasteiger partial charge in [-0.1, -0.05) is 11.6 Å². The number of carbonyl (C=O) groups is 1. The van der Waals surface area contributed by atoms with E-state index < -0.39 is 17.7 Å². The largest absolute Gasteiger partial charge is 0.496 e. The number of ether oxygens (including phenoxy) is 1. The van der Waals surface area contributed by atoms with Crippen LogP contribution in [0.4, 0.5) is 13.2 Å². The van der Waals surface area contributed by atoms with Crippen LogP contribution in [0, 0.1) is 6.92 Å². The number of pyridine rings is 1. The van der Waals surface area contributed by atoms with Gasteiger partial charge >= 0.3 is 12.1 Å². The first kappa shape index (κ1) is 17.7. The Morgan fingerprint density at radius 3 is 2.46 bits per heavy atom. The molecule has 0 unspecified atom stereocenters. The van der Waals surface area contributed by atoms with E-state index in [-0.39, 0.29) is 16.5 Å². The molecule has 0 fully saturated rings. The molecule has 0 saturated heterocycles. The molecule has 1 N–H and O–H groups in total. The van der Waals surface area contributed by atoms with Crippen LogP contribution in [0.1, 0.15) is 21.5 Å². The van der Waals surface area contributed by atoms with E-state index in [1.807, 2.05) is 13.0 Å². The molecule has 0 amide bonds. The molecule has 0 aliphatic heterocycles. The number of benzene rings is 2. The minimum Gasteiger partial charge on any atom is -0.496 e. The quantitative estimate of drug-likeness (QED) is 0.718. The highest BCUT2D eigenvalue weighted by atomic mass is 19.4. The third kappa shape index (κ3) is 3.20. The first-order valence-corrected chi connectivity index (χ1v) is 7.61. The SMILES string of the molecule is COc1ccc(C)cc1-c1cc(C(=O)O)c2cc(C(F)(F)F)ccc2n1. The number of methoxy groups -OCH3 is 1. The van der Waals surface area contributed by atoms with Gasteiger partial charge in [-0.3, -0.25) is 0 Å². The Morgan fingerprint density at radius 1 is 1.12 bits per heavy atom. The summed E-state index contributed by atoms with van der Waals surface area (Å²) in [6, 6.07) is 9.48. The van der Waals surface area contributed by atoms with Gasteiger partial charge in [-0.05, 0) is 43.3 Å². The first-order valence-electron chi connectivity index (χ1n) is 7.61. The van der Waals surface area contributed by atoms with Crippen LogP contribution in [0.25, 0.3) is 22.2 Å². The van der Waals surface area contributed by atoms with E-state index >= 15 is 0 Å². The molecule has 0 spiro atoms. The summed E-state index contributed by atoms with van der Waals surface area (Å²) in [7, 11) is 1.48. The maximum absolute atomic E-state index is 13.0. The molecule has 2 aromatic carbocycles. The van der Waals surface area contributed by atoms with Crippen molar-refractivity contribution in [2.24, 2.45) is 0 Å². The van der Waals surface area contributed by atoms with Crippen molar-refractivity contribution in [2.45, 2.75) is 13.1 Å². The Bertz CT molecular complexity index is 1010. The number of halogens is 3. The molecule has 0 saturated carbocycles. The fourth-order valence-corrected chi connectivity index (χ4v) is 2.74. The van der Waals surface area contributed by atoms with Gasteiger partial charge in [-0.2, -0.15) is 13.2 Å². The van der Waals surface area contributed by atoms with Gasteiger partial charge in [0.15, 0.2) is 0 Å². The summed E-state index contributed by atoms with van der Waals surface area (Å²) < 4.78 is 44.1. The topological polar surface area (TPSA) is 59.4 Å². The monoisotopic (exact) mass is 361 g/mol. The number of fused-ring (bicyclic) bond motifs is 1. The second kappa shape index (κ2) is 6.33. The highest BCUT2D eigenvalue weighted by Crippen LogP contribution is 2.35. The Kier molecular flexibility index (Phi) is 4.31. The maximum atomic E-state index is 13.0. The number of nitrogens with zero attached hydrogens (tertiary/aromatic N) is 1. The van der Waals surface area contributed by atoms with E-state index in [0.29, 0.717) is 17.0 Å². The van der Waals surface area contributed by atoms with Crippen molar-refractivity contribution in [3.8, 4) is 17.0 Å². The summed E-state index contributed by atoms with van der Waals surface area (Å²) in [5.74, 6) is -0.838. The van der Waals surface area contributed by atoms with E-state index in [0.717, 1.165) is 17.7 Å². The predicted molar refractivity (Wildman–Crippen MR) is 90.4 cm³/mol. The molecule has 4 nitrogen and oxygen atoms in total. The van der Waals surface area contributed by atoms with Gasteiger partial charge < -0.3 is 9.84 Å². The molecule has 3 rings (SSSR count). The van der Waals surface area contributed by atoms with Crippen molar-refractivity contribution in [3.63, 3.8) is 0 Å². The lowest BCUT2D eigenvalue weighted by molar-refractivity contribution is -0.137. The summed E-state index contributed by atoms with van der Waals surface area (Å²) in [5.41, 5.74) is 0.783. The fourth-order valence-electron chi connectivity index (χ4n) is 2.74. The maximum Gasteiger partial charge on any atom is 0.416 e. The van der Waals surface area contributed by atoms with Gasteiger partial charge in [0.2, 0.25) is 0 Å². The number of hydrogen-bond donors (Lipinski definition) is 1. The summed E-state index contributed by atoms with van der Waals surface area (Å²) in [6.07, 6.45) is -4.57. The molecular formula is C19H14F3NO3. The zero-order valence-electron chi connectivity index (χ0n) is 13.9. The molecule has 134 valence electrons. The summed E-state index contributed by atoms with van der Waals surface area (Å²) in [4.78, 5) is 16.0. The van der Waals surface area contributed by atoms with Crippen molar-refractivity contribution in [2.75, 3.05) is 7.11 Å². The van der Waals surface area contributed by atoms with E-state index in [4.69, 9.17) is 4.74 Å². The molecule has 0 bridgehead atoms. The normalized spacial score (nSPS) is 11.6. The van der Waals surface area contributed by atoms with Gasteiger partial charge in [0.25, 0.3) is 0 Å². The average molecular weight is 361 g/mol. The molecule has 3 aromatic rings. The van der Waals surface area contributed by atoms with Crippen molar-refractivity contribution < 1.29 is 27.8 Å². The number of rotatable bonds is 3. The van der Waals surface area contributed by atoms with Crippen LogP contribution >= 0.6 is 0 Å². The van der Waals surface area contributed by atoms with E-state index in [1.54, 1.807) is 12.1 Å². The number of hydrogen-bond acceptors (Lipinski definition) is 3. The zero-order chi connectivity index (χ0) is 19.1. The standard InChI is InChI=1S/C19H14F3NO3/c1-10-3-6-17(26-2)14(7-10)16-9-13(18(24)25)12-8-11(19(20,21)22)4-5-15(12)23-16/h3-9H,1-2H3,(H,24,25). The smallest absolute Gasteiger partial charge is 0.416 e. The van der Waals surface area contributed by atoms with Crippen LogP contribution in [-0.4, -0.2) is 23.2 Å². The van der Waals surface area contributed by atoms with Crippen molar-refractivity contribution >= 4 is 16.9 Å². The molecule has 0 radical (unpaired) electrons. The number of alkyl halides is 3. The number of aromatic carboxylic acids is 1. The molecule has 1 heterocycles. The van der Waals surface area contributed by atoms with Crippen LogP contribution in [0.3, 0.4) is 0 Å². The van der Waals surface area contributed by atoms with Gasteiger partial charge in [0.1, 0.15) is 5.75 Å². The minimum atomic E-state index is -4.57. The van der Waals surface area contributed by atoms with Crippen molar-refractivity contribution in [3.05, 3.63) is 59.2 Å². The van der Waals surface area contributed by atoms with Gasteiger partial charge in [0, 0.05) is 10.9 Å². The Morgan fingerprint density at radius 2 is 1.85 bits per heavy atom. The van der Waals surface area contributed by atoms with Gasteiger partial charge in [-0.15, -0.1) is 0 Å². The summed E-state index contributed by atoms with van der Waals surface area (Å²) >= 11 is 0. The number of aromatic nitrogens is 1. The lowest BCUT2D eigenvalue weighted by atomic mass is 10.0. The van der Waals surface area contributed by atoms with Crippen molar-refractivity contribution in [1.29, 1.82) is 0 Å². The summed E-state index contributed by atoms with van der Waals surface area (Å²) in [6.45, 7) is 1.86. The number of aryl methyl sites for hydroxylation is 1. The highest BCUT2D eigenvalue weighted by molar-refractivity contribution is 6.04. The van der Waals surface area contributed by atoms with E-state index in [1.165, 1.54) is 19.2 Å². The lowest BCUT2D eigenvalue weighted by Gasteiger charge is -2.13. The highest BCUT2D eigenvalue weighted by Gasteiger charge is 2.31. The second-order valence-corrected chi connectivity index (χ2v) is 5.79. The molecule has 0 atom stereocenters. The predicted octanol–water partition coefficient (Wildman–Crippen LogP) is 4.94. The molecule has 26 heavy (non-hydrogen) atoms. The van der Waals surface area contributed by atoms with Crippen LogP contribution in [0.15, 0.2) is 42.5 Å². The number of carboxylic acids is 1. The lowest BCUT2D eigenvalue weighted by Crippen LogP contribution is -2.06. The molecule has 0 aliphatic carbocycles. The van der Waals surface area contributed by atoms with Crippen molar-refractivity contribution in [1.82, 2.24) is 4.98 Å². The zero-order valence-corrected chi connectivity index (χ0v) is 13.9. The fraction of sp³-hybridized carbons (Fsp3) is 0.158. The first-order chi connectivity index (χ1) is 12.2. The Labute approximate surface area is 146 Å². The van der Waals surface area contributed by atoms with Crippen LogP contribution in [0.5, 0.6) is 5.75 Å². The third-order valence-corrected chi connectivity index (χ3v) is 4.00. The third-order valence-electron chi connectivity index (χ3n) is 4.00. The van der Waals surface area contributed by atoms with Crippen LogP contribution in [0.2, 0.25) is 0 Å². The molecule has 1 aromatic heterocycles. The van der Waals surface area contributed by atoms with Gasteiger partial charge in [-0.25, -0.2) is 9.78 Å². The van der Waals surface area contributed by atoms with E-state index in [2.05, 4.69) is 4.98 Å². The Balaban J connectivity index is 2.31. The minimum absolute atomic E-state index is 0.0669. The molecule has 0 aliphatic rings. The molecular weight excluding hydrogens is 347 g/mol. The van der Waals surface area contributed by atoms with Gasteiger partial charge in [0.05, 0.1) is 29.4 Å². The second-order valence-electron chi connectivity index (χ2n) is 5.79.